The quantitative estimate of drug-likeness (QED) is 0.707. The molecule has 4 heteroatoms. The molecule has 76 valence electrons. The van der Waals surface area contributed by atoms with Gasteiger partial charge in [-0.05, 0) is 18.6 Å². The van der Waals surface area contributed by atoms with Crippen molar-refractivity contribution in [1.82, 2.24) is 4.98 Å². The van der Waals surface area contributed by atoms with Gasteiger partial charge in [0.25, 0.3) is 0 Å². The number of carbonyl (C=O) groups excluding carboxylic acids is 1. The van der Waals surface area contributed by atoms with Gasteiger partial charge >= 0.3 is 0 Å². The Kier molecular flexibility index (Phi) is 2.33. The lowest BCUT2D eigenvalue weighted by Gasteiger charge is -1.98. The molecule has 0 aromatic carbocycles. The summed E-state index contributed by atoms with van der Waals surface area (Å²) in [6.45, 7) is 1.75. The minimum Gasteiger partial charge on any atom is -0.472 e. The van der Waals surface area contributed by atoms with E-state index in [1.165, 1.54) is 18.7 Å². The third-order valence-electron chi connectivity index (χ3n) is 2.07. The van der Waals surface area contributed by atoms with Gasteiger partial charge in [-0.15, -0.1) is 0 Å². The van der Waals surface area contributed by atoms with Crippen molar-refractivity contribution in [2.24, 2.45) is 0 Å². The second kappa shape index (κ2) is 3.65. The number of pyridine rings is 1. The van der Waals surface area contributed by atoms with E-state index in [9.17, 15) is 9.18 Å². The molecule has 2 aromatic heterocycles. The third kappa shape index (κ3) is 1.79. The van der Waals surface area contributed by atoms with E-state index in [0.717, 1.165) is 17.8 Å². The van der Waals surface area contributed by atoms with Crippen LogP contribution in [0.25, 0.3) is 0 Å². The monoisotopic (exact) mass is 205 g/mol. The lowest BCUT2D eigenvalue weighted by molar-refractivity contribution is 0.103. The Balaban J connectivity index is 2.41. The van der Waals surface area contributed by atoms with Crippen molar-refractivity contribution < 1.29 is 13.6 Å². The highest BCUT2D eigenvalue weighted by Gasteiger charge is 2.14. The molecule has 0 amide bonds. The molecule has 0 N–H and O–H groups in total. The van der Waals surface area contributed by atoms with E-state index in [4.69, 9.17) is 4.42 Å². The molecule has 0 spiro atoms. The van der Waals surface area contributed by atoms with Crippen LogP contribution in [0.15, 0.2) is 35.4 Å². The van der Waals surface area contributed by atoms with Crippen molar-refractivity contribution in [1.29, 1.82) is 0 Å². The first-order valence-corrected chi connectivity index (χ1v) is 4.36. The normalized spacial score (nSPS) is 10.3. The molecule has 15 heavy (non-hydrogen) atoms. The highest BCUT2D eigenvalue weighted by Crippen LogP contribution is 2.14. The Hall–Kier alpha value is -1.97. The molecule has 3 nitrogen and oxygen atoms in total. The number of aryl methyl sites for hydroxylation is 1. The molecule has 0 unspecified atom stereocenters. The van der Waals surface area contributed by atoms with E-state index < -0.39 is 5.82 Å². The van der Waals surface area contributed by atoms with Gasteiger partial charge in [-0.2, -0.15) is 0 Å². The highest BCUT2D eigenvalue weighted by molar-refractivity contribution is 6.09. The van der Waals surface area contributed by atoms with Gasteiger partial charge in [0.05, 0.1) is 18.0 Å². The molecule has 0 atom stereocenters. The van der Waals surface area contributed by atoms with Crippen molar-refractivity contribution in [2.45, 2.75) is 6.92 Å². The van der Waals surface area contributed by atoms with Gasteiger partial charge < -0.3 is 4.42 Å². The second-order valence-electron chi connectivity index (χ2n) is 3.19. The van der Waals surface area contributed by atoms with Crippen molar-refractivity contribution >= 4 is 5.78 Å². The highest BCUT2D eigenvalue weighted by atomic mass is 19.1. The zero-order valence-corrected chi connectivity index (χ0v) is 8.03. The molecule has 0 aliphatic carbocycles. The molecule has 0 saturated heterocycles. The molecule has 0 saturated carbocycles. The number of furan rings is 1. The number of hydrogen-bond donors (Lipinski definition) is 0. The standard InChI is InChI=1S/C11H8FNO2/c1-7-5-15-6-10(7)11(14)8-2-9(12)4-13-3-8/h2-6H,1H3. The van der Waals surface area contributed by atoms with Gasteiger partial charge in [0.15, 0.2) is 5.78 Å². The summed E-state index contributed by atoms with van der Waals surface area (Å²) in [5, 5.41) is 0. The molecule has 0 fully saturated rings. The fourth-order valence-electron chi connectivity index (χ4n) is 1.28. The Labute approximate surface area is 85.6 Å². The van der Waals surface area contributed by atoms with Crippen LogP contribution in [0.4, 0.5) is 4.39 Å². The largest absolute Gasteiger partial charge is 0.472 e. The summed E-state index contributed by atoms with van der Waals surface area (Å²) in [4.78, 5) is 15.4. The number of aromatic nitrogens is 1. The van der Waals surface area contributed by atoms with Gasteiger partial charge in [-0.25, -0.2) is 4.39 Å². The first kappa shape index (κ1) is 9.58. The maximum atomic E-state index is 12.8. The number of hydrogen-bond acceptors (Lipinski definition) is 3. The molecule has 2 aromatic rings. The van der Waals surface area contributed by atoms with E-state index in [-0.39, 0.29) is 11.3 Å². The number of halogens is 1. The van der Waals surface area contributed by atoms with Gasteiger partial charge in [0.2, 0.25) is 0 Å². The van der Waals surface area contributed by atoms with Crippen molar-refractivity contribution in [3.8, 4) is 0 Å². The molecule has 0 bridgehead atoms. The Morgan fingerprint density at radius 3 is 2.80 bits per heavy atom. The summed E-state index contributed by atoms with van der Waals surface area (Å²) in [5.41, 5.74) is 1.38. The Morgan fingerprint density at radius 1 is 1.40 bits per heavy atom. The lowest BCUT2D eigenvalue weighted by Crippen LogP contribution is -2.02. The Morgan fingerprint density at radius 2 is 2.20 bits per heavy atom. The summed E-state index contributed by atoms with van der Waals surface area (Å²) < 4.78 is 17.7. The topological polar surface area (TPSA) is 43.1 Å². The fourth-order valence-corrected chi connectivity index (χ4v) is 1.28. The lowest BCUT2D eigenvalue weighted by atomic mass is 10.1. The van der Waals surface area contributed by atoms with Gasteiger partial charge in [-0.3, -0.25) is 9.78 Å². The summed E-state index contributed by atoms with van der Waals surface area (Å²) in [6, 6.07) is 1.15. The minimum atomic E-state index is -0.526. The van der Waals surface area contributed by atoms with Crippen LogP contribution in [0.2, 0.25) is 0 Å². The third-order valence-corrected chi connectivity index (χ3v) is 2.07. The summed E-state index contributed by atoms with van der Waals surface area (Å²) in [7, 11) is 0. The van der Waals surface area contributed by atoms with Gasteiger partial charge in [0.1, 0.15) is 12.1 Å². The zero-order chi connectivity index (χ0) is 10.8. The zero-order valence-electron chi connectivity index (χ0n) is 8.03. The molecule has 0 aliphatic heterocycles. The van der Waals surface area contributed by atoms with Gasteiger partial charge in [0, 0.05) is 11.8 Å². The molecular formula is C11H8FNO2. The average molecular weight is 205 g/mol. The van der Waals surface area contributed by atoms with Crippen LogP contribution in [-0.2, 0) is 0 Å². The molecular weight excluding hydrogens is 197 g/mol. The van der Waals surface area contributed by atoms with E-state index in [2.05, 4.69) is 4.98 Å². The number of carbonyl (C=O) groups is 1. The van der Waals surface area contributed by atoms with Crippen LogP contribution in [0.3, 0.4) is 0 Å². The summed E-state index contributed by atoms with van der Waals surface area (Å²) >= 11 is 0. The summed E-state index contributed by atoms with van der Waals surface area (Å²) in [5.74, 6) is -0.810. The first-order chi connectivity index (χ1) is 7.18. The Bertz CT molecular complexity index is 505. The second-order valence-corrected chi connectivity index (χ2v) is 3.19. The SMILES string of the molecule is Cc1cocc1C(=O)c1cncc(F)c1. The van der Waals surface area contributed by atoms with E-state index in [0.29, 0.717) is 5.56 Å². The van der Waals surface area contributed by atoms with E-state index in [1.807, 2.05) is 0 Å². The predicted molar refractivity (Wildman–Crippen MR) is 51.1 cm³/mol. The average Bonchev–Trinajstić information content (AvgIpc) is 2.63. The number of ketones is 1. The van der Waals surface area contributed by atoms with Crippen LogP contribution in [-0.4, -0.2) is 10.8 Å². The van der Waals surface area contributed by atoms with Crippen molar-refractivity contribution in [2.75, 3.05) is 0 Å². The van der Waals surface area contributed by atoms with Crippen LogP contribution in [0.5, 0.6) is 0 Å². The number of rotatable bonds is 2. The minimum absolute atomic E-state index is 0.222. The molecule has 0 radical (unpaired) electrons. The van der Waals surface area contributed by atoms with Crippen LogP contribution >= 0.6 is 0 Å². The van der Waals surface area contributed by atoms with Crippen LogP contribution < -0.4 is 0 Å². The maximum Gasteiger partial charge on any atom is 0.198 e. The van der Waals surface area contributed by atoms with Crippen LogP contribution in [0, 0.1) is 12.7 Å². The number of nitrogens with zero attached hydrogens (tertiary/aromatic N) is 1. The molecule has 2 heterocycles. The van der Waals surface area contributed by atoms with Crippen molar-refractivity contribution in [3.05, 3.63) is 53.5 Å². The molecule has 2 rings (SSSR count). The maximum absolute atomic E-state index is 12.8. The van der Waals surface area contributed by atoms with Crippen LogP contribution in [0.1, 0.15) is 21.5 Å². The summed E-state index contributed by atoms with van der Waals surface area (Å²) in [6.07, 6.45) is 5.21. The smallest absolute Gasteiger partial charge is 0.198 e. The molecule has 0 aliphatic rings. The predicted octanol–water partition coefficient (Wildman–Crippen LogP) is 2.35. The van der Waals surface area contributed by atoms with E-state index in [1.54, 1.807) is 6.92 Å². The fraction of sp³-hybridized carbons (Fsp3) is 0.0909. The first-order valence-electron chi connectivity index (χ1n) is 4.36. The van der Waals surface area contributed by atoms with E-state index >= 15 is 0 Å². The van der Waals surface area contributed by atoms with Crippen molar-refractivity contribution in [3.63, 3.8) is 0 Å². The van der Waals surface area contributed by atoms with Gasteiger partial charge in [-0.1, -0.05) is 0 Å².